The fourth-order valence-corrected chi connectivity index (χ4v) is 5.44. The summed E-state index contributed by atoms with van der Waals surface area (Å²) in [6, 6.07) is 0. The molecule has 1 heterocycles. The molecule has 0 aromatic rings. The Morgan fingerprint density at radius 3 is 2.42 bits per heavy atom. The predicted molar refractivity (Wildman–Crippen MR) is 89.6 cm³/mol. The summed E-state index contributed by atoms with van der Waals surface area (Å²) in [5.41, 5.74) is -0.625. The average molecular weight is 366 g/mol. The number of aliphatic hydroxyl groups is 1. The van der Waals surface area contributed by atoms with Gasteiger partial charge < -0.3 is 19.3 Å². The van der Waals surface area contributed by atoms with Gasteiger partial charge in [0.25, 0.3) is 0 Å². The highest BCUT2D eigenvalue weighted by molar-refractivity contribution is 5.91. The maximum Gasteiger partial charge on any atom is 0.334 e. The van der Waals surface area contributed by atoms with Crippen LogP contribution in [0.4, 0.5) is 0 Å². The molecule has 1 N–H and O–H groups in total. The summed E-state index contributed by atoms with van der Waals surface area (Å²) in [4.78, 5) is 35.5. The molecule has 7 unspecified atom stereocenters. The van der Waals surface area contributed by atoms with Gasteiger partial charge in [-0.25, -0.2) is 4.79 Å². The maximum absolute atomic E-state index is 12.1. The van der Waals surface area contributed by atoms with Crippen molar-refractivity contribution in [2.24, 2.45) is 23.2 Å². The van der Waals surface area contributed by atoms with Crippen LogP contribution in [0.5, 0.6) is 0 Å². The smallest absolute Gasteiger partial charge is 0.334 e. The second kappa shape index (κ2) is 6.37. The lowest BCUT2D eigenvalue weighted by molar-refractivity contribution is -0.170. The number of rotatable bonds is 2. The van der Waals surface area contributed by atoms with Gasteiger partial charge in [0.15, 0.2) is 0 Å². The minimum Gasteiger partial charge on any atom is -0.462 e. The quantitative estimate of drug-likeness (QED) is 0.448. The van der Waals surface area contributed by atoms with Gasteiger partial charge in [0, 0.05) is 37.2 Å². The Balaban J connectivity index is 2.10. The molecule has 26 heavy (non-hydrogen) atoms. The van der Waals surface area contributed by atoms with E-state index in [1.807, 2.05) is 13.8 Å². The van der Waals surface area contributed by atoms with Crippen LogP contribution >= 0.6 is 0 Å². The lowest BCUT2D eigenvalue weighted by atomic mass is 9.66. The molecule has 144 valence electrons. The molecule has 0 amide bonds. The molecule has 2 saturated carbocycles. The molecular formula is C19H26O7. The van der Waals surface area contributed by atoms with E-state index in [0.717, 1.165) is 0 Å². The van der Waals surface area contributed by atoms with Gasteiger partial charge in [0.05, 0.1) is 12.0 Å². The molecule has 8 atom stereocenters. The highest BCUT2D eigenvalue weighted by atomic mass is 16.6. The van der Waals surface area contributed by atoms with Crippen LogP contribution in [0, 0.1) is 23.2 Å². The number of fused-ring (bicyclic) bond motifs is 2. The Morgan fingerprint density at radius 2 is 1.85 bits per heavy atom. The maximum atomic E-state index is 12.1. The van der Waals surface area contributed by atoms with Crippen LogP contribution in [0.1, 0.15) is 40.5 Å². The number of aliphatic hydroxyl groups excluding tert-OH is 1. The lowest BCUT2D eigenvalue weighted by Crippen LogP contribution is -2.51. The zero-order valence-corrected chi connectivity index (χ0v) is 15.6. The van der Waals surface area contributed by atoms with E-state index < -0.39 is 53.7 Å². The summed E-state index contributed by atoms with van der Waals surface area (Å²) in [5, 5.41) is 10.9. The number of carbonyl (C=O) groups excluding carboxylic acids is 3. The average Bonchev–Trinajstić information content (AvgIpc) is 2.88. The largest absolute Gasteiger partial charge is 0.462 e. The normalized spacial score (nSPS) is 44.6. The third kappa shape index (κ3) is 2.73. The van der Waals surface area contributed by atoms with E-state index in [9.17, 15) is 19.5 Å². The van der Waals surface area contributed by atoms with Crippen LogP contribution in [0.3, 0.4) is 0 Å². The van der Waals surface area contributed by atoms with Gasteiger partial charge in [-0.2, -0.15) is 0 Å². The molecule has 3 aliphatic rings. The molecule has 7 nitrogen and oxygen atoms in total. The standard InChI is InChI=1S/C19H26O7/c1-8-6-12-15(9(2)18(23)26-12)17(25-11(4)21)19(5)14(22)7-13(16(8)19)24-10(3)20/h8,12-17,22H,2,6-7H2,1,3-5H3/t8?,12?,13?,14?,15?,16?,17?,19-/m0/s1. The van der Waals surface area contributed by atoms with Crippen LogP contribution < -0.4 is 0 Å². The van der Waals surface area contributed by atoms with Gasteiger partial charge in [-0.05, 0) is 12.3 Å². The van der Waals surface area contributed by atoms with E-state index in [1.165, 1.54) is 13.8 Å². The van der Waals surface area contributed by atoms with Gasteiger partial charge in [0.2, 0.25) is 0 Å². The van der Waals surface area contributed by atoms with Gasteiger partial charge in [-0.1, -0.05) is 20.4 Å². The first-order valence-corrected chi connectivity index (χ1v) is 8.99. The molecule has 0 spiro atoms. The van der Waals surface area contributed by atoms with E-state index >= 15 is 0 Å². The molecule has 3 rings (SSSR count). The van der Waals surface area contributed by atoms with Crippen molar-refractivity contribution in [2.45, 2.75) is 65.0 Å². The van der Waals surface area contributed by atoms with Crippen molar-refractivity contribution in [1.82, 2.24) is 0 Å². The number of carbonyl (C=O) groups is 3. The molecule has 7 heteroatoms. The highest BCUT2D eigenvalue weighted by Gasteiger charge is 2.66. The number of hydrogen-bond donors (Lipinski definition) is 1. The zero-order valence-electron chi connectivity index (χ0n) is 15.6. The molecule has 0 aromatic carbocycles. The van der Waals surface area contributed by atoms with Crippen LogP contribution in [-0.2, 0) is 28.6 Å². The van der Waals surface area contributed by atoms with Crippen molar-refractivity contribution in [3.63, 3.8) is 0 Å². The van der Waals surface area contributed by atoms with Gasteiger partial charge >= 0.3 is 17.9 Å². The summed E-state index contributed by atoms with van der Waals surface area (Å²) in [6.07, 6.45) is -1.80. The van der Waals surface area contributed by atoms with E-state index in [0.29, 0.717) is 6.42 Å². The summed E-state index contributed by atoms with van der Waals surface area (Å²) < 4.78 is 16.6. The Hall–Kier alpha value is -1.89. The van der Waals surface area contributed by atoms with Gasteiger partial charge in [-0.3, -0.25) is 9.59 Å². The van der Waals surface area contributed by atoms with Crippen molar-refractivity contribution >= 4 is 17.9 Å². The molecule has 2 aliphatic carbocycles. The van der Waals surface area contributed by atoms with Crippen LogP contribution in [-0.4, -0.2) is 47.4 Å². The zero-order chi connectivity index (χ0) is 19.4. The molecule has 0 bridgehead atoms. The van der Waals surface area contributed by atoms with Crippen molar-refractivity contribution < 1.29 is 33.7 Å². The molecule has 1 saturated heterocycles. The lowest BCUT2D eigenvalue weighted by Gasteiger charge is -2.43. The number of hydrogen-bond acceptors (Lipinski definition) is 7. The Labute approximate surface area is 152 Å². The number of ether oxygens (including phenoxy) is 3. The summed E-state index contributed by atoms with van der Waals surface area (Å²) in [5.74, 6) is -2.18. The first-order valence-electron chi connectivity index (χ1n) is 8.99. The summed E-state index contributed by atoms with van der Waals surface area (Å²) >= 11 is 0. The van der Waals surface area contributed by atoms with E-state index in [4.69, 9.17) is 14.2 Å². The van der Waals surface area contributed by atoms with Crippen molar-refractivity contribution in [3.05, 3.63) is 12.2 Å². The minimum absolute atomic E-state index is 0.0201. The summed E-state index contributed by atoms with van der Waals surface area (Å²) in [6.45, 7) is 10.3. The molecule has 0 aromatic heterocycles. The SMILES string of the molecule is C=C1C(=O)OC2CC(C)C3C(OC(C)=O)CC(O)[C@]3(C)C(OC(C)=O)C12. The second-order valence-corrected chi connectivity index (χ2v) is 8.03. The Morgan fingerprint density at radius 1 is 1.23 bits per heavy atom. The Kier molecular flexibility index (Phi) is 4.63. The predicted octanol–water partition coefficient (Wildman–Crippen LogP) is 1.37. The molecule has 1 aliphatic heterocycles. The number of esters is 3. The molecule has 3 fully saturated rings. The monoisotopic (exact) mass is 366 g/mol. The van der Waals surface area contributed by atoms with E-state index in [1.54, 1.807) is 0 Å². The highest BCUT2D eigenvalue weighted by Crippen LogP contribution is 2.58. The second-order valence-electron chi connectivity index (χ2n) is 8.03. The van der Waals surface area contributed by atoms with Crippen LogP contribution in [0.25, 0.3) is 0 Å². The van der Waals surface area contributed by atoms with E-state index in [2.05, 4.69) is 6.58 Å². The fraction of sp³-hybridized carbons (Fsp3) is 0.737. The minimum atomic E-state index is -0.887. The fourth-order valence-electron chi connectivity index (χ4n) is 5.44. The van der Waals surface area contributed by atoms with Crippen molar-refractivity contribution in [3.8, 4) is 0 Å². The van der Waals surface area contributed by atoms with E-state index in [-0.39, 0.29) is 23.8 Å². The first-order chi connectivity index (χ1) is 12.1. The van der Waals surface area contributed by atoms with Gasteiger partial charge in [0.1, 0.15) is 18.3 Å². The molecular weight excluding hydrogens is 340 g/mol. The first kappa shape index (κ1) is 18.9. The topological polar surface area (TPSA) is 99.1 Å². The third-order valence-electron chi connectivity index (χ3n) is 6.38. The van der Waals surface area contributed by atoms with Crippen LogP contribution in [0.15, 0.2) is 12.2 Å². The third-order valence-corrected chi connectivity index (χ3v) is 6.38. The van der Waals surface area contributed by atoms with Crippen molar-refractivity contribution in [1.29, 1.82) is 0 Å². The summed E-state index contributed by atoms with van der Waals surface area (Å²) in [7, 11) is 0. The van der Waals surface area contributed by atoms with Crippen molar-refractivity contribution in [2.75, 3.05) is 0 Å². The Bertz CT molecular complexity index is 656. The molecule has 0 radical (unpaired) electrons. The van der Waals surface area contributed by atoms with Gasteiger partial charge in [-0.15, -0.1) is 0 Å². The van der Waals surface area contributed by atoms with Crippen LogP contribution in [0.2, 0.25) is 0 Å².